The maximum absolute atomic E-state index is 12.4. The molecule has 2 rings (SSSR count). The second-order valence-electron chi connectivity index (χ2n) is 7.77. The largest absolute Gasteiger partial charge is 0.481 e. The fourth-order valence-electron chi connectivity index (χ4n) is 4.09. The molecule has 0 bridgehead atoms. The second kappa shape index (κ2) is 12.6. The molecule has 0 radical (unpaired) electrons. The van der Waals surface area contributed by atoms with Crippen LogP contribution in [0.1, 0.15) is 24.8 Å². The van der Waals surface area contributed by atoms with Crippen molar-refractivity contribution < 1.29 is 58.6 Å². The topological polar surface area (TPSA) is 186 Å². The molecule has 0 spiro atoms. The number of hydrogen-bond acceptors (Lipinski definition) is 9. The van der Waals surface area contributed by atoms with Crippen molar-refractivity contribution >= 4 is 23.9 Å². The van der Waals surface area contributed by atoms with Crippen molar-refractivity contribution in [2.45, 2.75) is 38.3 Å². The molecule has 0 unspecified atom stereocenters. The van der Waals surface area contributed by atoms with Crippen molar-refractivity contribution in [3.8, 4) is 23.8 Å². The number of benzene rings is 1. The van der Waals surface area contributed by atoms with Crippen molar-refractivity contribution in [3.63, 3.8) is 0 Å². The molecule has 1 fully saturated rings. The van der Waals surface area contributed by atoms with Crippen LogP contribution in [0, 0.1) is 30.1 Å². The van der Waals surface area contributed by atoms with Crippen LogP contribution in [-0.4, -0.2) is 70.4 Å². The first kappa shape index (κ1) is 27.4. The van der Waals surface area contributed by atoms with Crippen LogP contribution in [0.25, 0.3) is 0 Å². The Bertz CT molecular complexity index is 981. The van der Waals surface area contributed by atoms with Gasteiger partial charge in [-0.25, -0.2) is 4.79 Å². The summed E-state index contributed by atoms with van der Waals surface area (Å²) in [5.74, 6) is -5.80. The number of hydrogen-bond donors (Lipinski definition) is 4. The van der Waals surface area contributed by atoms with Gasteiger partial charge in [0, 0.05) is 29.9 Å². The van der Waals surface area contributed by atoms with Gasteiger partial charge in [-0.3, -0.25) is 14.4 Å². The SMILES string of the molecule is C#CCOc1cc(O[C@@H]2O[C@H](C(=O)OC)[C@@H](CC(=O)O)[C@H](CC(=O)O)[C@H]2CC(=O)O)ccc1CO. The molecule has 12 heteroatoms. The highest BCUT2D eigenvalue weighted by molar-refractivity contribution is 5.77. The van der Waals surface area contributed by atoms with E-state index in [0.717, 1.165) is 7.11 Å². The summed E-state index contributed by atoms with van der Waals surface area (Å²) in [6, 6.07) is 4.26. The molecule has 4 N–H and O–H groups in total. The van der Waals surface area contributed by atoms with Crippen molar-refractivity contribution in [3.05, 3.63) is 23.8 Å². The first-order chi connectivity index (χ1) is 16.6. The van der Waals surface area contributed by atoms with Crippen LogP contribution in [0.2, 0.25) is 0 Å². The molecule has 1 aromatic rings. The van der Waals surface area contributed by atoms with E-state index < -0.39 is 73.3 Å². The molecule has 0 aromatic heterocycles. The number of carboxylic acid groups (broad SMARTS) is 3. The van der Waals surface area contributed by atoms with E-state index in [0.29, 0.717) is 5.56 Å². The molecule has 0 saturated carbocycles. The number of methoxy groups -OCH3 is 1. The molecular formula is C23H26O12. The molecule has 1 saturated heterocycles. The molecule has 35 heavy (non-hydrogen) atoms. The number of esters is 1. The van der Waals surface area contributed by atoms with Gasteiger partial charge in [-0.2, -0.15) is 0 Å². The van der Waals surface area contributed by atoms with Gasteiger partial charge in [0.05, 0.1) is 26.6 Å². The van der Waals surface area contributed by atoms with Gasteiger partial charge in [-0.05, 0) is 18.1 Å². The quantitative estimate of drug-likeness (QED) is 0.236. The molecule has 5 atom stereocenters. The standard InChI is InChI=1S/C23H26O12/c1-3-6-33-17-7-13(5-4-12(17)11-24)34-23-16(10-20(29)30)14(8-18(25)26)15(9-19(27)28)21(35-23)22(31)32-2/h1,4-5,7,14-16,21,23-24H,6,8-11H2,2H3,(H,25,26)(H,27,28)(H,29,30)/t14-,15-,16+,21-,23+/m0/s1. The number of terminal acetylenes is 1. The lowest BCUT2D eigenvalue weighted by molar-refractivity contribution is -0.233. The minimum absolute atomic E-state index is 0.0870. The van der Waals surface area contributed by atoms with Gasteiger partial charge in [-0.15, -0.1) is 6.42 Å². The van der Waals surface area contributed by atoms with Gasteiger partial charge in [0.25, 0.3) is 0 Å². The van der Waals surface area contributed by atoms with Gasteiger partial charge in [0.2, 0.25) is 6.29 Å². The third-order valence-corrected chi connectivity index (χ3v) is 5.56. The number of aliphatic carboxylic acids is 3. The molecule has 0 amide bonds. The minimum Gasteiger partial charge on any atom is -0.481 e. The molecular weight excluding hydrogens is 468 g/mol. The number of ether oxygens (including phenoxy) is 4. The molecule has 1 heterocycles. The zero-order chi connectivity index (χ0) is 26.1. The predicted octanol–water partition coefficient (Wildman–Crippen LogP) is 0.740. The normalized spacial score (nSPS) is 23.5. The van der Waals surface area contributed by atoms with Crippen LogP contribution in [0.4, 0.5) is 0 Å². The number of carbonyl (C=O) groups excluding carboxylic acids is 1. The van der Waals surface area contributed by atoms with E-state index in [2.05, 4.69) is 5.92 Å². The highest BCUT2D eigenvalue weighted by Gasteiger charge is 2.51. The predicted molar refractivity (Wildman–Crippen MR) is 115 cm³/mol. The third kappa shape index (κ3) is 7.33. The smallest absolute Gasteiger partial charge is 0.335 e. The highest BCUT2D eigenvalue weighted by Crippen LogP contribution is 2.43. The number of carbonyl (C=O) groups is 4. The minimum atomic E-state index is -1.52. The third-order valence-electron chi connectivity index (χ3n) is 5.56. The monoisotopic (exact) mass is 494 g/mol. The Hall–Kier alpha value is -3.82. The molecule has 190 valence electrons. The number of aliphatic hydroxyl groups is 1. The van der Waals surface area contributed by atoms with E-state index in [1.807, 2.05) is 0 Å². The Balaban J connectivity index is 2.51. The van der Waals surface area contributed by atoms with Crippen LogP contribution < -0.4 is 9.47 Å². The summed E-state index contributed by atoms with van der Waals surface area (Å²) in [5.41, 5.74) is 0.386. The van der Waals surface area contributed by atoms with E-state index in [4.69, 9.17) is 25.4 Å². The maximum Gasteiger partial charge on any atom is 0.335 e. The average Bonchev–Trinajstić information content (AvgIpc) is 2.79. The van der Waals surface area contributed by atoms with Crippen molar-refractivity contribution in [2.24, 2.45) is 17.8 Å². The number of rotatable bonds is 12. The van der Waals surface area contributed by atoms with Crippen LogP contribution in [0.5, 0.6) is 11.5 Å². The Kier molecular flexibility index (Phi) is 9.86. The molecule has 1 aromatic carbocycles. The van der Waals surface area contributed by atoms with E-state index in [-0.39, 0.29) is 24.7 Å². The van der Waals surface area contributed by atoms with E-state index in [9.17, 15) is 39.6 Å². The highest BCUT2D eigenvalue weighted by atomic mass is 16.7. The van der Waals surface area contributed by atoms with Crippen molar-refractivity contribution in [2.75, 3.05) is 13.7 Å². The Morgan fingerprint density at radius 2 is 1.60 bits per heavy atom. The van der Waals surface area contributed by atoms with Crippen LogP contribution in [-0.2, 0) is 35.3 Å². The Morgan fingerprint density at radius 1 is 1.00 bits per heavy atom. The van der Waals surface area contributed by atoms with E-state index >= 15 is 0 Å². The lowest BCUT2D eigenvalue weighted by atomic mass is 9.71. The van der Waals surface area contributed by atoms with Gasteiger partial charge >= 0.3 is 23.9 Å². The molecule has 12 nitrogen and oxygen atoms in total. The fraction of sp³-hybridized carbons (Fsp3) is 0.478. The first-order valence-corrected chi connectivity index (χ1v) is 10.5. The molecule has 1 aliphatic heterocycles. The zero-order valence-electron chi connectivity index (χ0n) is 18.8. The zero-order valence-corrected chi connectivity index (χ0v) is 18.8. The van der Waals surface area contributed by atoms with E-state index in [1.54, 1.807) is 0 Å². The summed E-state index contributed by atoms with van der Waals surface area (Å²) >= 11 is 0. The summed E-state index contributed by atoms with van der Waals surface area (Å²) in [6.45, 7) is -0.482. The second-order valence-corrected chi connectivity index (χ2v) is 7.77. The van der Waals surface area contributed by atoms with Crippen LogP contribution >= 0.6 is 0 Å². The van der Waals surface area contributed by atoms with Gasteiger partial charge < -0.3 is 39.4 Å². The van der Waals surface area contributed by atoms with Gasteiger partial charge in [0.15, 0.2) is 6.10 Å². The number of carboxylic acids is 3. The van der Waals surface area contributed by atoms with Crippen LogP contribution in [0.15, 0.2) is 18.2 Å². The molecule has 1 aliphatic rings. The lowest BCUT2D eigenvalue weighted by Gasteiger charge is -2.44. The first-order valence-electron chi connectivity index (χ1n) is 10.5. The molecule has 0 aliphatic carbocycles. The summed E-state index contributed by atoms with van der Waals surface area (Å²) in [6.07, 6.45) is 0.311. The summed E-state index contributed by atoms with van der Waals surface area (Å²) < 4.78 is 21.7. The average molecular weight is 494 g/mol. The fourth-order valence-corrected chi connectivity index (χ4v) is 4.09. The summed E-state index contributed by atoms with van der Waals surface area (Å²) in [5, 5.41) is 37.8. The summed E-state index contributed by atoms with van der Waals surface area (Å²) in [7, 11) is 1.05. The van der Waals surface area contributed by atoms with Crippen LogP contribution in [0.3, 0.4) is 0 Å². The maximum atomic E-state index is 12.4. The van der Waals surface area contributed by atoms with Gasteiger partial charge in [0.1, 0.15) is 18.1 Å². The van der Waals surface area contributed by atoms with Crippen molar-refractivity contribution in [1.29, 1.82) is 0 Å². The summed E-state index contributed by atoms with van der Waals surface area (Å²) in [4.78, 5) is 47.2. The van der Waals surface area contributed by atoms with Gasteiger partial charge in [-0.1, -0.05) is 5.92 Å². The lowest BCUT2D eigenvalue weighted by Crippen LogP contribution is -2.54. The Labute approximate surface area is 200 Å². The Morgan fingerprint density at radius 3 is 2.14 bits per heavy atom. The number of aliphatic hydroxyl groups excluding tert-OH is 1. The van der Waals surface area contributed by atoms with Crippen molar-refractivity contribution in [1.82, 2.24) is 0 Å². The van der Waals surface area contributed by atoms with E-state index in [1.165, 1.54) is 18.2 Å².